The summed E-state index contributed by atoms with van der Waals surface area (Å²) in [5.41, 5.74) is 0. The van der Waals surface area contributed by atoms with Crippen molar-refractivity contribution in [2.24, 2.45) is 5.92 Å². The summed E-state index contributed by atoms with van der Waals surface area (Å²) in [6, 6.07) is 0. The van der Waals surface area contributed by atoms with Crippen molar-refractivity contribution in [1.29, 1.82) is 0 Å². The van der Waals surface area contributed by atoms with E-state index in [1.54, 1.807) is 11.0 Å². The fourth-order valence-corrected chi connectivity index (χ4v) is 1.41. The normalized spacial score (nSPS) is 24.4. The second-order valence-corrected chi connectivity index (χ2v) is 3.13. The average molecular weight is 153 g/mol. The molecule has 0 spiro atoms. The van der Waals surface area contributed by atoms with Crippen LogP contribution in [0.2, 0.25) is 0 Å². The minimum atomic E-state index is 0.136. The van der Waals surface area contributed by atoms with Crippen LogP contribution in [0.25, 0.3) is 0 Å². The molecular formula is C9H15NO. The van der Waals surface area contributed by atoms with Gasteiger partial charge in [-0.25, -0.2) is 0 Å². The molecule has 1 heterocycles. The second-order valence-electron chi connectivity index (χ2n) is 3.13. The fraction of sp³-hybridized carbons (Fsp3) is 0.667. The molecule has 1 atom stereocenters. The molecule has 0 aromatic carbocycles. The first-order valence-corrected chi connectivity index (χ1v) is 4.17. The Hall–Kier alpha value is -0.790. The van der Waals surface area contributed by atoms with Crippen molar-refractivity contribution in [2.45, 2.75) is 19.8 Å². The Labute approximate surface area is 67.9 Å². The average Bonchev–Trinajstić information content (AvgIpc) is 1.98. The van der Waals surface area contributed by atoms with Crippen molar-refractivity contribution in [3.05, 3.63) is 12.2 Å². The van der Waals surface area contributed by atoms with Crippen LogP contribution in [0, 0.1) is 5.92 Å². The van der Waals surface area contributed by atoms with Crippen LogP contribution in [0.15, 0.2) is 12.2 Å². The van der Waals surface area contributed by atoms with Gasteiger partial charge in [-0.3, -0.25) is 4.79 Å². The van der Waals surface area contributed by atoms with Crippen LogP contribution < -0.4 is 0 Å². The molecule has 1 rings (SSSR count). The zero-order chi connectivity index (χ0) is 8.27. The summed E-state index contributed by atoms with van der Waals surface area (Å²) in [4.78, 5) is 12.8. The van der Waals surface area contributed by atoms with Gasteiger partial charge in [-0.2, -0.15) is 0 Å². The van der Waals surface area contributed by atoms with Crippen LogP contribution in [-0.2, 0) is 4.79 Å². The minimum Gasteiger partial charge on any atom is -0.342 e. The van der Waals surface area contributed by atoms with E-state index in [1.165, 1.54) is 12.8 Å². The summed E-state index contributed by atoms with van der Waals surface area (Å²) >= 11 is 0. The first-order valence-electron chi connectivity index (χ1n) is 4.17. The van der Waals surface area contributed by atoms with Gasteiger partial charge in [-0.05, 0) is 18.4 Å². The first-order chi connectivity index (χ1) is 5.24. The van der Waals surface area contributed by atoms with Gasteiger partial charge in [0.15, 0.2) is 0 Å². The summed E-state index contributed by atoms with van der Waals surface area (Å²) in [5.74, 6) is 0.722. The molecule has 0 aromatic heterocycles. The molecule has 0 N–H and O–H groups in total. The van der Waals surface area contributed by atoms with Crippen LogP contribution in [0.3, 0.4) is 0 Å². The largest absolute Gasteiger partial charge is 0.342 e. The molecule has 62 valence electrons. The third-order valence-electron chi connectivity index (χ3n) is 2.06. The lowest BCUT2D eigenvalue weighted by molar-refractivity contribution is -0.125. The van der Waals surface area contributed by atoms with Gasteiger partial charge in [-0.1, -0.05) is 19.4 Å². The Balaban J connectivity index is 2.49. The SMILES string of the molecule is CCCC1C=CC(=O)N(C)C1. The number of nitrogens with zero attached hydrogens (tertiary/aromatic N) is 1. The maximum absolute atomic E-state index is 11.0. The topological polar surface area (TPSA) is 20.3 Å². The van der Waals surface area contributed by atoms with Crippen LogP contribution in [0.1, 0.15) is 19.8 Å². The van der Waals surface area contributed by atoms with Gasteiger partial charge in [0.2, 0.25) is 5.91 Å². The molecular weight excluding hydrogens is 138 g/mol. The van der Waals surface area contributed by atoms with Crippen molar-refractivity contribution < 1.29 is 4.79 Å². The Bertz CT molecular complexity index is 174. The summed E-state index contributed by atoms with van der Waals surface area (Å²) < 4.78 is 0. The molecule has 0 radical (unpaired) electrons. The molecule has 0 saturated carbocycles. The Morgan fingerprint density at radius 1 is 1.73 bits per heavy atom. The maximum atomic E-state index is 11.0. The molecule has 11 heavy (non-hydrogen) atoms. The van der Waals surface area contributed by atoms with Gasteiger partial charge >= 0.3 is 0 Å². The number of rotatable bonds is 2. The van der Waals surface area contributed by atoms with E-state index < -0.39 is 0 Å². The van der Waals surface area contributed by atoms with Crippen LogP contribution in [0.4, 0.5) is 0 Å². The lowest BCUT2D eigenvalue weighted by atomic mass is 10.00. The zero-order valence-electron chi connectivity index (χ0n) is 7.21. The highest BCUT2D eigenvalue weighted by atomic mass is 16.2. The van der Waals surface area contributed by atoms with Crippen LogP contribution in [0.5, 0.6) is 0 Å². The van der Waals surface area contributed by atoms with E-state index in [9.17, 15) is 4.79 Å². The standard InChI is InChI=1S/C9H15NO/c1-3-4-8-5-6-9(11)10(2)7-8/h5-6,8H,3-4,7H2,1-2H3. The van der Waals surface area contributed by atoms with E-state index in [0.717, 1.165) is 6.54 Å². The summed E-state index contributed by atoms with van der Waals surface area (Å²) in [6.45, 7) is 3.06. The predicted octanol–water partition coefficient (Wildman–Crippen LogP) is 1.43. The quantitative estimate of drug-likeness (QED) is 0.587. The molecule has 2 heteroatoms. The molecule has 0 saturated heterocycles. The monoisotopic (exact) mass is 153 g/mol. The maximum Gasteiger partial charge on any atom is 0.246 e. The molecule has 1 unspecified atom stereocenters. The van der Waals surface area contributed by atoms with Gasteiger partial charge in [0.1, 0.15) is 0 Å². The van der Waals surface area contributed by atoms with E-state index in [4.69, 9.17) is 0 Å². The van der Waals surface area contributed by atoms with E-state index in [0.29, 0.717) is 5.92 Å². The van der Waals surface area contributed by atoms with Crippen molar-refractivity contribution in [1.82, 2.24) is 4.90 Å². The smallest absolute Gasteiger partial charge is 0.246 e. The van der Waals surface area contributed by atoms with Gasteiger partial charge in [0, 0.05) is 13.6 Å². The van der Waals surface area contributed by atoms with Crippen LogP contribution in [-0.4, -0.2) is 24.4 Å². The Morgan fingerprint density at radius 3 is 3.00 bits per heavy atom. The van der Waals surface area contributed by atoms with E-state index in [1.807, 2.05) is 13.1 Å². The van der Waals surface area contributed by atoms with Crippen molar-refractivity contribution in [3.8, 4) is 0 Å². The summed E-state index contributed by atoms with van der Waals surface area (Å²) in [5, 5.41) is 0. The molecule has 0 bridgehead atoms. The summed E-state index contributed by atoms with van der Waals surface area (Å²) in [7, 11) is 1.86. The highest BCUT2D eigenvalue weighted by molar-refractivity contribution is 5.88. The highest BCUT2D eigenvalue weighted by Crippen LogP contribution is 2.13. The summed E-state index contributed by atoms with van der Waals surface area (Å²) in [6.07, 6.45) is 6.10. The minimum absolute atomic E-state index is 0.136. The third-order valence-corrected chi connectivity index (χ3v) is 2.06. The van der Waals surface area contributed by atoms with Gasteiger partial charge in [0.25, 0.3) is 0 Å². The first kappa shape index (κ1) is 8.31. The van der Waals surface area contributed by atoms with E-state index >= 15 is 0 Å². The number of likely N-dealkylation sites (N-methyl/N-ethyl adjacent to an activating group) is 1. The lowest BCUT2D eigenvalue weighted by Crippen LogP contribution is -2.33. The number of hydrogen-bond acceptors (Lipinski definition) is 1. The van der Waals surface area contributed by atoms with E-state index in [2.05, 4.69) is 6.92 Å². The molecule has 1 aliphatic heterocycles. The number of hydrogen-bond donors (Lipinski definition) is 0. The van der Waals surface area contributed by atoms with E-state index in [-0.39, 0.29) is 5.91 Å². The molecule has 1 aliphatic rings. The molecule has 2 nitrogen and oxygen atoms in total. The molecule has 0 aromatic rings. The van der Waals surface area contributed by atoms with Crippen molar-refractivity contribution in [2.75, 3.05) is 13.6 Å². The van der Waals surface area contributed by atoms with Crippen molar-refractivity contribution >= 4 is 5.91 Å². The number of carbonyl (C=O) groups is 1. The van der Waals surface area contributed by atoms with Gasteiger partial charge in [0.05, 0.1) is 0 Å². The zero-order valence-corrected chi connectivity index (χ0v) is 7.21. The predicted molar refractivity (Wildman–Crippen MR) is 45.2 cm³/mol. The van der Waals surface area contributed by atoms with Crippen LogP contribution >= 0.6 is 0 Å². The van der Waals surface area contributed by atoms with Gasteiger partial charge < -0.3 is 4.90 Å². The Morgan fingerprint density at radius 2 is 2.45 bits per heavy atom. The highest BCUT2D eigenvalue weighted by Gasteiger charge is 2.15. The lowest BCUT2D eigenvalue weighted by Gasteiger charge is -2.24. The Kier molecular flexibility index (Phi) is 2.69. The number of amides is 1. The molecule has 0 fully saturated rings. The number of carbonyl (C=O) groups excluding carboxylic acids is 1. The molecule has 0 aliphatic carbocycles. The van der Waals surface area contributed by atoms with Crippen molar-refractivity contribution in [3.63, 3.8) is 0 Å². The fourth-order valence-electron chi connectivity index (χ4n) is 1.41. The van der Waals surface area contributed by atoms with Gasteiger partial charge in [-0.15, -0.1) is 0 Å². The third kappa shape index (κ3) is 2.07. The molecule has 1 amide bonds. The second kappa shape index (κ2) is 3.56.